The molecule has 2 rings (SSSR count). The fraction of sp³-hybridized carbons (Fsp3) is 0.500. The van der Waals surface area contributed by atoms with Crippen LogP contribution in [0.25, 0.3) is 6.08 Å². The minimum atomic E-state index is -3.10. The van der Waals surface area contributed by atoms with Gasteiger partial charge >= 0.3 is 5.97 Å². The first-order valence-corrected chi connectivity index (χ1v) is 11.0. The number of esters is 1. The van der Waals surface area contributed by atoms with Crippen molar-refractivity contribution in [1.82, 2.24) is 4.90 Å². The van der Waals surface area contributed by atoms with Crippen LogP contribution in [-0.4, -0.2) is 55.4 Å². The first kappa shape index (κ1) is 21.2. The monoisotopic (exact) mass is 393 g/mol. The maximum atomic E-state index is 12.6. The Morgan fingerprint density at radius 1 is 1.33 bits per heavy atom. The molecule has 0 unspecified atom stereocenters. The molecule has 0 bridgehead atoms. The summed E-state index contributed by atoms with van der Waals surface area (Å²) in [6.45, 7) is 5.36. The molecule has 2 atom stereocenters. The number of amides is 1. The number of carbonyl (C=O) groups excluding carboxylic acids is 2. The largest absolute Gasteiger partial charge is 0.452 e. The van der Waals surface area contributed by atoms with Crippen molar-refractivity contribution in [3.63, 3.8) is 0 Å². The third-order valence-electron chi connectivity index (χ3n) is 4.88. The standard InChI is InChI=1S/C20H27NO5S/c1-4-16(3)21(18-11-12-27(24,25)14-18)19(22)13-26-20(23)10-9-17-8-6-5-7-15(17)2/h5-10,16,18H,4,11-14H2,1-3H3/b10-9+/t16-,18+/m0/s1. The quantitative estimate of drug-likeness (QED) is 0.525. The normalized spacial score (nSPS) is 19.7. The summed E-state index contributed by atoms with van der Waals surface area (Å²) in [6, 6.07) is 7.15. The van der Waals surface area contributed by atoms with Gasteiger partial charge in [0.15, 0.2) is 16.4 Å². The van der Waals surface area contributed by atoms with Gasteiger partial charge in [-0.3, -0.25) is 4.79 Å². The second-order valence-corrected chi connectivity index (χ2v) is 9.14. The molecule has 6 nitrogen and oxygen atoms in total. The molecule has 1 fully saturated rings. The Labute approximate surface area is 161 Å². The summed E-state index contributed by atoms with van der Waals surface area (Å²) in [5.74, 6) is -0.889. The molecule has 1 heterocycles. The van der Waals surface area contributed by atoms with Crippen molar-refractivity contribution in [1.29, 1.82) is 0 Å². The Hall–Kier alpha value is -2.15. The Balaban J connectivity index is 1.97. The molecule has 0 saturated carbocycles. The first-order chi connectivity index (χ1) is 12.7. The van der Waals surface area contributed by atoms with Crippen LogP contribution < -0.4 is 0 Å². The maximum Gasteiger partial charge on any atom is 0.331 e. The third-order valence-corrected chi connectivity index (χ3v) is 6.63. The number of sulfone groups is 1. The van der Waals surface area contributed by atoms with E-state index in [2.05, 4.69) is 0 Å². The molecule has 0 aromatic heterocycles. The van der Waals surface area contributed by atoms with E-state index in [9.17, 15) is 18.0 Å². The van der Waals surface area contributed by atoms with E-state index in [1.165, 1.54) is 6.08 Å². The molecule has 1 aromatic carbocycles. The zero-order valence-corrected chi connectivity index (χ0v) is 16.9. The van der Waals surface area contributed by atoms with Gasteiger partial charge in [0.1, 0.15) is 0 Å². The van der Waals surface area contributed by atoms with Crippen LogP contribution >= 0.6 is 0 Å². The second kappa shape index (κ2) is 9.17. The number of ether oxygens (including phenoxy) is 1. The summed E-state index contributed by atoms with van der Waals surface area (Å²) in [5, 5.41) is 0. The summed E-state index contributed by atoms with van der Waals surface area (Å²) in [7, 11) is -3.10. The molecule has 148 valence electrons. The molecule has 1 aliphatic heterocycles. The zero-order chi connectivity index (χ0) is 20.0. The van der Waals surface area contributed by atoms with Gasteiger partial charge in [-0.05, 0) is 43.9 Å². The van der Waals surface area contributed by atoms with E-state index in [-0.39, 0.29) is 29.5 Å². The van der Waals surface area contributed by atoms with Crippen LogP contribution in [0.15, 0.2) is 30.3 Å². The van der Waals surface area contributed by atoms with Gasteiger partial charge in [-0.2, -0.15) is 0 Å². The molecule has 1 saturated heterocycles. The molecular formula is C20H27NO5S. The molecule has 0 N–H and O–H groups in total. The van der Waals surface area contributed by atoms with Crippen molar-refractivity contribution in [3.8, 4) is 0 Å². The van der Waals surface area contributed by atoms with E-state index in [1.54, 1.807) is 11.0 Å². The molecule has 0 aliphatic carbocycles. The van der Waals surface area contributed by atoms with Gasteiger partial charge in [0.05, 0.1) is 11.5 Å². The highest BCUT2D eigenvalue weighted by molar-refractivity contribution is 7.91. The highest BCUT2D eigenvalue weighted by Gasteiger charge is 2.36. The SMILES string of the molecule is CC[C@H](C)N(C(=O)COC(=O)/C=C/c1ccccc1C)[C@@H]1CCS(=O)(=O)C1. The minimum absolute atomic E-state index is 0.0236. The van der Waals surface area contributed by atoms with E-state index in [0.29, 0.717) is 12.8 Å². The van der Waals surface area contributed by atoms with Crippen molar-refractivity contribution in [2.75, 3.05) is 18.1 Å². The fourth-order valence-electron chi connectivity index (χ4n) is 3.19. The molecule has 27 heavy (non-hydrogen) atoms. The Morgan fingerprint density at radius 3 is 2.63 bits per heavy atom. The van der Waals surface area contributed by atoms with Crippen molar-refractivity contribution in [3.05, 3.63) is 41.5 Å². The Bertz CT molecular complexity index is 815. The smallest absolute Gasteiger partial charge is 0.331 e. The van der Waals surface area contributed by atoms with Crippen LogP contribution in [0.3, 0.4) is 0 Å². The molecule has 0 spiro atoms. The lowest BCUT2D eigenvalue weighted by Crippen LogP contribution is -2.48. The van der Waals surface area contributed by atoms with E-state index in [1.807, 2.05) is 45.0 Å². The van der Waals surface area contributed by atoms with Gasteiger partial charge in [0.25, 0.3) is 5.91 Å². The summed E-state index contributed by atoms with van der Waals surface area (Å²) in [5.41, 5.74) is 1.93. The predicted octanol–water partition coefficient (Wildman–Crippen LogP) is 2.37. The number of aryl methyl sites for hydroxylation is 1. The maximum absolute atomic E-state index is 12.6. The lowest BCUT2D eigenvalue weighted by atomic mass is 10.1. The highest BCUT2D eigenvalue weighted by Crippen LogP contribution is 2.21. The highest BCUT2D eigenvalue weighted by atomic mass is 32.2. The second-order valence-electron chi connectivity index (χ2n) is 6.91. The number of carbonyl (C=O) groups is 2. The Kier molecular flexibility index (Phi) is 7.18. The number of benzene rings is 1. The first-order valence-electron chi connectivity index (χ1n) is 9.15. The number of nitrogens with zero attached hydrogens (tertiary/aromatic N) is 1. The summed E-state index contributed by atoms with van der Waals surface area (Å²) in [4.78, 5) is 26.1. The molecule has 7 heteroatoms. The van der Waals surface area contributed by atoms with Gasteiger partial charge in [0.2, 0.25) is 0 Å². The minimum Gasteiger partial charge on any atom is -0.452 e. The van der Waals surface area contributed by atoms with E-state index in [4.69, 9.17) is 4.74 Å². The zero-order valence-electron chi connectivity index (χ0n) is 16.1. The van der Waals surface area contributed by atoms with E-state index in [0.717, 1.165) is 11.1 Å². The molecular weight excluding hydrogens is 366 g/mol. The lowest BCUT2D eigenvalue weighted by molar-refractivity contribution is -0.150. The Morgan fingerprint density at radius 2 is 2.04 bits per heavy atom. The average molecular weight is 394 g/mol. The van der Waals surface area contributed by atoms with Crippen LogP contribution in [0.4, 0.5) is 0 Å². The number of hydrogen-bond donors (Lipinski definition) is 0. The molecule has 0 radical (unpaired) electrons. The fourth-order valence-corrected chi connectivity index (χ4v) is 4.90. The predicted molar refractivity (Wildman–Crippen MR) is 105 cm³/mol. The van der Waals surface area contributed by atoms with Crippen LogP contribution in [0, 0.1) is 6.92 Å². The van der Waals surface area contributed by atoms with Crippen LogP contribution in [0.1, 0.15) is 37.8 Å². The topological polar surface area (TPSA) is 80.8 Å². The average Bonchev–Trinajstić information content (AvgIpc) is 2.98. The van der Waals surface area contributed by atoms with Gasteiger partial charge in [0, 0.05) is 18.2 Å². The van der Waals surface area contributed by atoms with Gasteiger partial charge in [-0.1, -0.05) is 31.2 Å². The van der Waals surface area contributed by atoms with Crippen molar-refractivity contribution in [2.45, 2.75) is 45.7 Å². The van der Waals surface area contributed by atoms with Gasteiger partial charge in [-0.15, -0.1) is 0 Å². The van der Waals surface area contributed by atoms with Gasteiger partial charge in [-0.25, -0.2) is 13.2 Å². The lowest BCUT2D eigenvalue weighted by Gasteiger charge is -2.33. The van der Waals surface area contributed by atoms with Crippen molar-refractivity contribution < 1.29 is 22.7 Å². The summed E-state index contributed by atoms with van der Waals surface area (Å²) >= 11 is 0. The molecule has 1 amide bonds. The number of rotatable bonds is 7. The summed E-state index contributed by atoms with van der Waals surface area (Å²) < 4.78 is 28.6. The van der Waals surface area contributed by atoms with Gasteiger partial charge < -0.3 is 9.64 Å². The van der Waals surface area contributed by atoms with Crippen LogP contribution in [-0.2, 0) is 24.2 Å². The van der Waals surface area contributed by atoms with Crippen LogP contribution in [0.2, 0.25) is 0 Å². The van der Waals surface area contributed by atoms with E-state index >= 15 is 0 Å². The van der Waals surface area contributed by atoms with E-state index < -0.39 is 22.4 Å². The van der Waals surface area contributed by atoms with Crippen molar-refractivity contribution >= 4 is 27.8 Å². The number of hydrogen-bond acceptors (Lipinski definition) is 5. The van der Waals surface area contributed by atoms with Crippen LogP contribution in [0.5, 0.6) is 0 Å². The third kappa shape index (κ3) is 5.92. The molecule has 1 aliphatic rings. The molecule has 1 aromatic rings. The summed E-state index contributed by atoms with van der Waals surface area (Å²) in [6.07, 6.45) is 4.07. The van der Waals surface area contributed by atoms with Crippen molar-refractivity contribution in [2.24, 2.45) is 0 Å².